The van der Waals surface area contributed by atoms with E-state index >= 15 is 0 Å². The number of hydrogen-bond donors (Lipinski definition) is 1. The van der Waals surface area contributed by atoms with Crippen LogP contribution in [-0.4, -0.2) is 32.2 Å². The maximum Gasteiger partial charge on any atom is 0.235 e. The molecule has 2 atom stereocenters. The van der Waals surface area contributed by atoms with Gasteiger partial charge in [-0.1, -0.05) is 42.8 Å². The Labute approximate surface area is 223 Å². The van der Waals surface area contributed by atoms with Gasteiger partial charge in [-0.05, 0) is 85.0 Å². The number of rotatable bonds is 8. The highest BCUT2D eigenvalue weighted by atomic mass is 16.7. The van der Waals surface area contributed by atoms with Crippen molar-refractivity contribution in [3.63, 3.8) is 0 Å². The lowest BCUT2D eigenvalue weighted by Crippen LogP contribution is -2.27. The molecule has 1 unspecified atom stereocenters. The second kappa shape index (κ2) is 9.91. The van der Waals surface area contributed by atoms with E-state index in [1.165, 1.54) is 0 Å². The van der Waals surface area contributed by atoms with Crippen molar-refractivity contribution in [2.75, 3.05) is 25.8 Å². The smallest absolute Gasteiger partial charge is 0.235 e. The Bertz CT molecular complexity index is 1380. The number of ketones is 1. The molecule has 6 heteroatoms. The van der Waals surface area contributed by atoms with Gasteiger partial charge in [0.25, 0.3) is 0 Å². The highest BCUT2D eigenvalue weighted by Gasteiger charge is 2.51. The summed E-state index contributed by atoms with van der Waals surface area (Å²) in [7, 11) is 1.70. The van der Waals surface area contributed by atoms with Crippen LogP contribution in [-0.2, 0) is 14.9 Å². The number of aryl methyl sites for hydroxylation is 1. The second-order valence-corrected chi connectivity index (χ2v) is 10.8. The van der Waals surface area contributed by atoms with Crippen LogP contribution in [0, 0.1) is 18.8 Å². The van der Waals surface area contributed by atoms with Gasteiger partial charge in [-0.25, -0.2) is 0 Å². The summed E-state index contributed by atoms with van der Waals surface area (Å²) in [6, 6.07) is 19.7. The van der Waals surface area contributed by atoms with Crippen LogP contribution in [0.25, 0.3) is 11.1 Å². The summed E-state index contributed by atoms with van der Waals surface area (Å²) in [6.07, 6.45) is 4.67. The number of methoxy groups -OCH3 is 1. The van der Waals surface area contributed by atoms with Crippen LogP contribution in [0.2, 0.25) is 0 Å². The molecular formula is C32H33NO5. The number of nitrogens with one attached hydrogen (secondary N) is 1. The average molecular weight is 512 g/mol. The topological polar surface area (TPSA) is 73.9 Å². The van der Waals surface area contributed by atoms with Crippen LogP contribution in [0.5, 0.6) is 11.5 Å². The molecule has 3 aromatic rings. The van der Waals surface area contributed by atoms with Crippen molar-refractivity contribution in [3.05, 3.63) is 77.4 Å². The van der Waals surface area contributed by atoms with Crippen molar-refractivity contribution < 1.29 is 23.8 Å². The lowest BCUT2D eigenvalue weighted by molar-refractivity contribution is -0.118. The van der Waals surface area contributed by atoms with E-state index in [1.54, 1.807) is 7.11 Å². The first-order valence-electron chi connectivity index (χ1n) is 13.4. The van der Waals surface area contributed by atoms with E-state index in [4.69, 9.17) is 14.2 Å². The van der Waals surface area contributed by atoms with Crippen LogP contribution in [0.4, 0.5) is 5.69 Å². The minimum atomic E-state index is -0.533. The van der Waals surface area contributed by atoms with Gasteiger partial charge < -0.3 is 19.5 Å². The normalized spacial score (nSPS) is 20.8. The standard InChI is InChI=1S/C32H33NO5/c1-20-6-12-25(33-31(35)32(14-15-32)24-11-13-28-29(16-24)38-19-37-28)17-27(20)21-7-9-22(10-8-21)30(34)26-5-3-4-23(26)18-36-2/h6-13,16-17,23,26H,3-5,14-15,18-19H2,1-2H3,(H,33,35)/t23-,26?/m0/s1. The zero-order chi connectivity index (χ0) is 26.3. The first-order chi connectivity index (χ1) is 18.5. The molecule has 38 heavy (non-hydrogen) atoms. The zero-order valence-corrected chi connectivity index (χ0v) is 21.9. The number of Topliss-reactive ketones (excluding diaryl/α,β-unsaturated/α-hetero) is 1. The van der Waals surface area contributed by atoms with Crippen molar-refractivity contribution in [1.82, 2.24) is 0 Å². The number of carbonyl (C=O) groups is 2. The highest BCUT2D eigenvalue weighted by molar-refractivity contribution is 6.02. The maximum atomic E-state index is 13.4. The van der Waals surface area contributed by atoms with E-state index in [1.807, 2.05) is 60.7 Å². The molecular weight excluding hydrogens is 478 g/mol. The second-order valence-electron chi connectivity index (χ2n) is 10.8. The minimum absolute atomic E-state index is 0.00529. The summed E-state index contributed by atoms with van der Waals surface area (Å²) in [5, 5.41) is 3.15. The van der Waals surface area contributed by atoms with E-state index in [9.17, 15) is 9.59 Å². The molecule has 1 aliphatic heterocycles. The van der Waals surface area contributed by atoms with Crippen LogP contribution in [0.3, 0.4) is 0 Å². The molecule has 1 heterocycles. The molecule has 2 aliphatic carbocycles. The van der Waals surface area contributed by atoms with Gasteiger partial charge >= 0.3 is 0 Å². The van der Waals surface area contributed by atoms with Gasteiger partial charge in [-0.15, -0.1) is 0 Å². The van der Waals surface area contributed by atoms with Crippen LogP contribution in [0.15, 0.2) is 60.7 Å². The summed E-state index contributed by atoms with van der Waals surface area (Å²) in [4.78, 5) is 26.6. The fourth-order valence-corrected chi connectivity index (χ4v) is 6.05. The van der Waals surface area contributed by atoms with Crippen molar-refractivity contribution in [3.8, 4) is 22.6 Å². The first-order valence-corrected chi connectivity index (χ1v) is 13.4. The molecule has 1 N–H and O–H groups in total. The molecule has 3 aliphatic rings. The average Bonchev–Trinajstić information content (AvgIpc) is 3.39. The molecule has 2 saturated carbocycles. The number of fused-ring (bicyclic) bond motifs is 1. The Balaban J connectivity index is 1.19. The van der Waals surface area contributed by atoms with Crippen LogP contribution in [0.1, 0.15) is 53.6 Å². The van der Waals surface area contributed by atoms with Gasteiger partial charge in [0.05, 0.1) is 5.41 Å². The van der Waals surface area contributed by atoms with Gasteiger partial charge in [-0.3, -0.25) is 9.59 Å². The molecule has 0 saturated heterocycles. The number of carbonyl (C=O) groups excluding carboxylic acids is 2. The van der Waals surface area contributed by atoms with Gasteiger partial charge in [0.15, 0.2) is 17.3 Å². The van der Waals surface area contributed by atoms with Gasteiger partial charge in [0, 0.05) is 30.9 Å². The molecule has 0 spiro atoms. The SMILES string of the molecule is COC[C@@H]1CCCC1C(=O)c1ccc(-c2cc(NC(=O)C3(c4ccc5c(c4)OCO5)CC3)ccc2C)cc1. The number of hydrogen-bond acceptors (Lipinski definition) is 5. The Morgan fingerprint density at radius 1 is 0.974 bits per heavy atom. The van der Waals surface area contributed by atoms with E-state index in [-0.39, 0.29) is 24.4 Å². The Morgan fingerprint density at radius 2 is 1.76 bits per heavy atom. The van der Waals surface area contributed by atoms with Gasteiger partial charge in [0.1, 0.15) is 0 Å². The molecule has 196 valence electrons. The van der Waals surface area contributed by atoms with Crippen molar-refractivity contribution in [2.24, 2.45) is 11.8 Å². The molecule has 1 amide bonds. The largest absolute Gasteiger partial charge is 0.454 e. The number of ether oxygens (including phenoxy) is 3. The van der Waals surface area contributed by atoms with E-state index < -0.39 is 5.41 Å². The first kappa shape index (κ1) is 24.7. The van der Waals surface area contributed by atoms with Crippen LogP contribution >= 0.6 is 0 Å². The summed E-state index contributed by atoms with van der Waals surface area (Å²) < 4.78 is 16.3. The summed E-state index contributed by atoms with van der Waals surface area (Å²) >= 11 is 0. The zero-order valence-electron chi connectivity index (χ0n) is 21.9. The van der Waals surface area contributed by atoms with E-state index in [0.717, 1.165) is 71.4 Å². The fourth-order valence-electron chi connectivity index (χ4n) is 6.05. The Morgan fingerprint density at radius 3 is 2.53 bits per heavy atom. The van der Waals surface area contributed by atoms with Crippen molar-refractivity contribution >= 4 is 17.4 Å². The lowest BCUT2D eigenvalue weighted by atomic mass is 9.88. The minimum Gasteiger partial charge on any atom is -0.454 e. The van der Waals surface area contributed by atoms with E-state index in [2.05, 4.69) is 12.2 Å². The molecule has 0 bridgehead atoms. The summed E-state index contributed by atoms with van der Waals surface area (Å²) in [5.41, 5.74) is 5.10. The number of benzene rings is 3. The Kier molecular flexibility index (Phi) is 6.44. The Hall–Kier alpha value is -3.64. The highest BCUT2D eigenvalue weighted by Crippen LogP contribution is 2.51. The van der Waals surface area contributed by atoms with Crippen molar-refractivity contribution in [2.45, 2.75) is 44.4 Å². The third-order valence-electron chi connectivity index (χ3n) is 8.46. The summed E-state index contributed by atoms with van der Waals surface area (Å²) in [5.74, 6) is 1.98. The fraction of sp³-hybridized carbons (Fsp3) is 0.375. The maximum absolute atomic E-state index is 13.4. The molecule has 0 radical (unpaired) electrons. The molecule has 2 fully saturated rings. The summed E-state index contributed by atoms with van der Waals surface area (Å²) in [6.45, 7) is 2.92. The molecule has 3 aromatic carbocycles. The number of anilines is 1. The van der Waals surface area contributed by atoms with Gasteiger partial charge in [-0.2, -0.15) is 0 Å². The molecule has 6 rings (SSSR count). The third kappa shape index (κ3) is 4.47. The molecule has 0 aromatic heterocycles. The quantitative estimate of drug-likeness (QED) is 0.359. The van der Waals surface area contributed by atoms with Crippen LogP contribution < -0.4 is 14.8 Å². The predicted octanol–water partition coefficient (Wildman–Crippen LogP) is 6.31. The predicted molar refractivity (Wildman–Crippen MR) is 146 cm³/mol. The number of amides is 1. The van der Waals surface area contributed by atoms with Gasteiger partial charge in [0.2, 0.25) is 12.7 Å². The monoisotopic (exact) mass is 511 g/mol. The lowest BCUT2D eigenvalue weighted by Gasteiger charge is -2.18. The van der Waals surface area contributed by atoms with Crippen molar-refractivity contribution in [1.29, 1.82) is 0 Å². The van der Waals surface area contributed by atoms with E-state index in [0.29, 0.717) is 18.3 Å². The third-order valence-corrected chi connectivity index (χ3v) is 8.46. The molecule has 6 nitrogen and oxygen atoms in total.